The Morgan fingerprint density at radius 1 is 1.26 bits per heavy atom. The van der Waals surface area contributed by atoms with Gasteiger partial charge in [0.25, 0.3) is 0 Å². The number of carbonyl (C=O) groups excluding carboxylic acids is 1. The number of nitrogens with zero attached hydrogens (tertiary/aromatic N) is 1. The van der Waals surface area contributed by atoms with E-state index in [1.165, 1.54) is 18.4 Å². The first kappa shape index (κ1) is 26.4. The van der Waals surface area contributed by atoms with Crippen molar-refractivity contribution in [1.29, 1.82) is 0 Å². The molecule has 6 rings (SSSR count). The molecule has 1 saturated heterocycles. The Bertz CT molecular complexity index is 1100. The number of phenols is 1. The molecule has 2 heterocycles. The van der Waals surface area contributed by atoms with Crippen molar-refractivity contribution in [2.45, 2.75) is 120 Å². The number of aromatic hydroxyl groups is 1. The van der Waals surface area contributed by atoms with Crippen molar-refractivity contribution < 1.29 is 24.1 Å². The minimum Gasteiger partial charge on any atom is -0.504 e. The van der Waals surface area contributed by atoms with Gasteiger partial charge >= 0.3 is 5.97 Å². The van der Waals surface area contributed by atoms with Gasteiger partial charge in [0.15, 0.2) is 11.5 Å². The molecule has 2 saturated carbocycles. The predicted molar refractivity (Wildman–Crippen MR) is 146 cm³/mol. The number of carbonyl (C=O) groups is 1. The van der Waals surface area contributed by atoms with Crippen molar-refractivity contribution >= 4 is 5.97 Å². The van der Waals surface area contributed by atoms with E-state index in [2.05, 4.69) is 30.1 Å². The predicted octanol–water partition coefficient (Wildman–Crippen LogP) is 4.33. The van der Waals surface area contributed by atoms with E-state index in [0.29, 0.717) is 5.75 Å². The standard InChI is InChI=1S/C31H46N2O5/c1-7-18(2)25(28(35)38-29(3,4)5)32-21-12-13-31(36-6)23-16-20-10-11-22(34)26-24(20)30(31,27(21)37-26)14-15-33(23)17-19-8-9-19/h10-11,18-19,21,23,25,27,32,34H,7-9,12-17H2,1-6H3/t18-,21?,23+,25-,27?,30-,31+/m0/s1. The van der Waals surface area contributed by atoms with Crippen molar-refractivity contribution in [1.82, 2.24) is 10.2 Å². The molecule has 2 unspecified atom stereocenters. The number of phenolic OH excluding ortho intramolecular Hbond substituents is 1. The highest BCUT2D eigenvalue weighted by molar-refractivity contribution is 5.76. The molecule has 7 atom stereocenters. The molecule has 38 heavy (non-hydrogen) atoms. The number of hydrogen-bond acceptors (Lipinski definition) is 7. The topological polar surface area (TPSA) is 80.3 Å². The minimum atomic E-state index is -0.549. The van der Waals surface area contributed by atoms with E-state index in [0.717, 1.165) is 56.7 Å². The van der Waals surface area contributed by atoms with Crippen molar-refractivity contribution in [3.05, 3.63) is 23.3 Å². The second-order valence-electron chi connectivity index (χ2n) is 13.7. The first-order chi connectivity index (χ1) is 18.0. The maximum atomic E-state index is 13.4. The average molecular weight is 527 g/mol. The maximum absolute atomic E-state index is 13.4. The van der Waals surface area contributed by atoms with Crippen LogP contribution in [0, 0.1) is 11.8 Å². The van der Waals surface area contributed by atoms with Crippen LogP contribution in [0.3, 0.4) is 0 Å². The lowest BCUT2D eigenvalue weighted by Crippen LogP contribution is -2.79. The summed E-state index contributed by atoms with van der Waals surface area (Å²) in [6.45, 7) is 12.1. The van der Waals surface area contributed by atoms with Crippen LogP contribution in [0.2, 0.25) is 0 Å². The Kier molecular flexibility index (Phi) is 6.32. The van der Waals surface area contributed by atoms with E-state index < -0.39 is 11.6 Å². The highest BCUT2D eigenvalue weighted by Gasteiger charge is 2.74. The third kappa shape index (κ3) is 3.82. The van der Waals surface area contributed by atoms with E-state index in [9.17, 15) is 9.90 Å². The fraction of sp³-hybridized carbons (Fsp3) is 0.774. The van der Waals surface area contributed by atoms with Crippen molar-refractivity contribution in [2.24, 2.45) is 11.8 Å². The van der Waals surface area contributed by atoms with Gasteiger partial charge in [-0.1, -0.05) is 26.3 Å². The van der Waals surface area contributed by atoms with Crippen LogP contribution in [0.4, 0.5) is 0 Å². The minimum absolute atomic E-state index is 0.0572. The van der Waals surface area contributed by atoms with Crippen molar-refractivity contribution in [3.8, 4) is 11.5 Å². The highest BCUT2D eigenvalue weighted by atomic mass is 16.6. The number of likely N-dealkylation sites (tertiary alicyclic amines) is 1. The van der Waals surface area contributed by atoms with E-state index in [1.54, 1.807) is 6.07 Å². The molecule has 2 N–H and O–H groups in total. The lowest BCUT2D eigenvalue weighted by atomic mass is 9.48. The molecule has 3 fully saturated rings. The number of benzene rings is 1. The fourth-order valence-corrected chi connectivity index (χ4v) is 8.34. The largest absolute Gasteiger partial charge is 0.504 e. The van der Waals surface area contributed by atoms with Gasteiger partial charge in [0.05, 0.1) is 11.0 Å². The first-order valence-corrected chi connectivity index (χ1v) is 14.8. The van der Waals surface area contributed by atoms with Gasteiger partial charge in [0.1, 0.15) is 17.7 Å². The third-order valence-corrected chi connectivity index (χ3v) is 10.4. The van der Waals surface area contributed by atoms with Crippen LogP contribution in [0.5, 0.6) is 11.5 Å². The number of rotatable bonds is 8. The summed E-state index contributed by atoms with van der Waals surface area (Å²) >= 11 is 0. The Labute approximate surface area is 227 Å². The summed E-state index contributed by atoms with van der Waals surface area (Å²) < 4.78 is 19.4. The summed E-state index contributed by atoms with van der Waals surface area (Å²) in [5, 5.41) is 14.7. The molecule has 0 amide bonds. The zero-order valence-corrected chi connectivity index (χ0v) is 24.0. The molecule has 1 spiro atoms. The number of piperidine rings is 1. The third-order valence-electron chi connectivity index (χ3n) is 10.4. The van der Waals surface area contributed by atoms with E-state index in [1.807, 2.05) is 27.9 Å². The molecule has 1 aromatic rings. The molecular weight excluding hydrogens is 480 g/mol. The molecule has 3 aliphatic carbocycles. The summed E-state index contributed by atoms with van der Waals surface area (Å²) in [6.07, 6.45) is 6.90. The first-order valence-electron chi connectivity index (χ1n) is 14.8. The summed E-state index contributed by atoms with van der Waals surface area (Å²) in [5.74, 6) is 1.57. The highest BCUT2D eigenvalue weighted by Crippen LogP contribution is 2.66. The van der Waals surface area contributed by atoms with Gasteiger partial charge in [0.2, 0.25) is 0 Å². The second-order valence-corrected chi connectivity index (χ2v) is 13.7. The van der Waals surface area contributed by atoms with Crippen LogP contribution < -0.4 is 10.1 Å². The monoisotopic (exact) mass is 526 g/mol. The summed E-state index contributed by atoms with van der Waals surface area (Å²) in [6, 6.07) is 3.71. The molecule has 0 aromatic heterocycles. The second kappa shape index (κ2) is 9.10. The van der Waals surface area contributed by atoms with Gasteiger partial charge in [-0.05, 0) is 89.3 Å². The van der Waals surface area contributed by atoms with Crippen LogP contribution in [0.15, 0.2) is 12.1 Å². The summed E-state index contributed by atoms with van der Waals surface area (Å²) in [4.78, 5) is 16.1. The van der Waals surface area contributed by atoms with Gasteiger partial charge < -0.3 is 19.3 Å². The van der Waals surface area contributed by atoms with Crippen LogP contribution >= 0.6 is 0 Å². The van der Waals surface area contributed by atoms with E-state index >= 15 is 0 Å². The number of methoxy groups -OCH3 is 1. The molecular formula is C31H46N2O5. The lowest BCUT2D eigenvalue weighted by Gasteiger charge is -2.66. The number of nitrogens with one attached hydrogen (secondary N) is 1. The summed E-state index contributed by atoms with van der Waals surface area (Å²) in [7, 11) is 1.88. The van der Waals surface area contributed by atoms with Gasteiger partial charge in [-0.15, -0.1) is 0 Å². The smallest absolute Gasteiger partial charge is 0.323 e. The molecule has 7 heteroatoms. The zero-order valence-electron chi connectivity index (χ0n) is 24.0. The van der Waals surface area contributed by atoms with Gasteiger partial charge in [-0.2, -0.15) is 0 Å². The van der Waals surface area contributed by atoms with Crippen molar-refractivity contribution in [2.75, 3.05) is 20.2 Å². The van der Waals surface area contributed by atoms with Gasteiger partial charge in [-0.25, -0.2) is 0 Å². The van der Waals surface area contributed by atoms with E-state index in [4.69, 9.17) is 14.2 Å². The molecule has 1 aromatic carbocycles. The molecule has 0 radical (unpaired) electrons. The molecule has 7 nitrogen and oxygen atoms in total. The SMILES string of the molecule is CC[C@H](C)[C@H](NC1CC[C@@]2(OC)[C@H]3Cc4ccc(O)c5c4[C@@]2(CCN3CC2CC2)C1O5)C(=O)OC(C)(C)C. The normalized spacial score (nSPS) is 35.3. The number of esters is 1. The summed E-state index contributed by atoms with van der Waals surface area (Å²) in [5.41, 5.74) is 1.15. The Morgan fingerprint density at radius 2 is 2.03 bits per heavy atom. The van der Waals surface area contributed by atoms with Crippen LogP contribution in [0.1, 0.15) is 84.3 Å². The molecule has 2 aliphatic heterocycles. The lowest BCUT2D eigenvalue weighted by molar-refractivity contribution is -0.208. The Balaban J connectivity index is 1.40. The van der Waals surface area contributed by atoms with Gasteiger partial charge in [-0.3, -0.25) is 15.0 Å². The van der Waals surface area contributed by atoms with Crippen molar-refractivity contribution in [3.63, 3.8) is 0 Å². The van der Waals surface area contributed by atoms with Gasteiger partial charge in [0, 0.05) is 31.3 Å². The maximum Gasteiger partial charge on any atom is 0.323 e. The quantitative estimate of drug-likeness (QED) is 0.488. The number of hydrogen-bond donors (Lipinski definition) is 2. The Hall–Kier alpha value is -1.83. The van der Waals surface area contributed by atoms with Crippen LogP contribution in [0.25, 0.3) is 0 Å². The molecule has 5 aliphatic rings. The van der Waals surface area contributed by atoms with Crippen LogP contribution in [-0.4, -0.2) is 71.6 Å². The van der Waals surface area contributed by atoms with E-state index in [-0.39, 0.29) is 46.8 Å². The molecule has 210 valence electrons. The average Bonchev–Trinajstić information content (AvgIpc) is 3.61. The zero-order chi connectivity index (χ0) is 27.0. The Morgan fingerprint density at radius 3 is 2.68 bits per heavy atom. The van der Waals surface area contributed by atoms with Crippen LogP contribution in [-0.2, 0) is 26.1 Å². The number of ether oxygens (including phenoxy) is 3. The fourth-order valence-electron chi connectivity index (χ4n) is 8.34. The molecule has 2 bridgehead atoms.